The molecule has 0 aliphatic carbocycles. The Balaban J connectivity index is 1.89. The molecule has 23 heavy (non-hydrogen) atoms. The second-order valence-electron chi connectivity index (χ2n) is 6.32. The van der Waals surface area contributed by atoms with Crippen molar-refractivity contribution in [1.29, 1.82) is 0 Å². The average Bonchev–Trinajstić information content (AvgIpc) is 3.18. The highest BCUT2D eigenvalue weighted by Gasteiger charge is 2.20. The molecular weight excluding hydrogens is 292 g/mol. The van der Waals surface area contributed by atoms with E-state index in [1.165, 1.54) is 0 Å². The highest BCUT2D eigenvalue weighted by molar-refractivity contribution is 5.93. The van der Waals surface area contributed by atoms with Crippen LogP contribution >= 0.6 is 0 Å². The van der Waals surface area contributed by atoms with Gasteiger partial charge in [-0.2, -0.15) is 5.10 Å². The maximum atomic E-state index is 12.5. The number of carbonyl (C=O) groups excluding carboxylic acids is 1. The highest BCUT2D eigenvalue weighted by Crippen LogP contribution is 2.16. The van der Waals surface area contributed by atoms with Gasteiger partial charge in [0.25, 0.3) is 5.91 Å². The van der Waals surface area contributed by atoms with Crippen molar-refractivity contribution < 1.29 is 9.90 Å². The molecule has 3 heterocycles. The summed E-state index contributed by atoms with van der Waals surface area (Å²) in [5.41, 5.74) is 1.13. The summed E-state index contributed by atoms with van der Waals surface area (Å²) in [6.07, 6.45) is 3.54. The molecule has 0 saturated heterocycles. The molecule has 0 aromatic carbocycles. The number of rotatable bonds is 5. The molecular formula is C17H20N4O2. The van der Waals surface area contributed by atoms with Crippen LogP contribution in [0.15, 0.2) is 48.8 Å². The predicted molar refractivity (Wildman–Crippen MR) is 87.7 cm³/mol. The lowest BCUT2D eigenvalue weighted by molar-refractivity contribution is 0.0903. The summed E-state index contributed by atoms with van der Waals surface area (Å²) in [6, 6.07) is 11.5. The van der Waals surface area contributed by atoms with Gasteiger partial charge in [-0.1, -0.05) is 19.9 Å². The van der Waals surface area contributed by atoms with E-state index in [1.54, 1.807) is 16.9 Å². The molecule has 3 aromatic heterocycles. The number of amides is 1. The fraction of sp³-hybridized carbons (Fsp3) is 0.294. The Morgan fingerprint density at radius 1 is 1.26 bits per heavy atom. The number of hydrogen-bond donors (Lipinski definition) is 2. The fourth-order valence-corrected chi connectivity index (χ4v) is 2.34. The van der Waals surface area contributed by atoms with Crippen molar-refractivity contribution in [3.63, 3.8) is 0 Å². The maximum Gasteiger partial charge on any atom is 0.270 e. The van der Waals surface area contributed by atoms with Crippen LogP contribution in [0.5, 0.6) is 0 Å². The molecule has 1 amide bonds. The summed E-state index contributed by atoms with van der Waals surface area (Å²) >= 11 is 0. The second kappa shape index (κ2) is 5.89. The summed E-state index contributed by atoms with van der Waals surface area (Å²) < 4.78 is 3.59. The topological polar surface area (TPSA) is 71.6 Å². The summed E-state index contributed by atoms with van der Waals surface area (Å²) in [4.78, 5) is 12.5. The van der Waals surface area contributed by atoms with Crippen molar-refractivity contribution in [2.45, 2.75) is 13.8 Å². The number of aliphatic hydroxyl groups excluding tert-OH is 1. The molecule has 0 spiro atoms. The van der Waals surface area contributed by atoms with E-state index in [9.17, 15) is 9.90 Å². The molecule has 0 fully saturated rings. The molecule has 6 nitrogen and oxygen atoms in total. The number of pyridine rings is 1. The number of aromatic nitrogens is 3. The monoisotopic (exact) mass is 312 g/mol. The average molecular weight is 312 g/mol. The zero-order valence-electron chi connectivity index (χ0n) is 13.2. The molecule has 0 radical (unpaired) electrons. The lowest BCUT2D eigenvalue weighted by atomic mass is 9.95. The van der Waals surface area contributed by atoms with E-state index in [0.29, 0.717) is 12.2 Å². The van der Waals surface area contributed by atoms with Crippen LogP contribution in [0.25, 0.3) is 11.3 Å². The minimum Gasteiger partial charge on any atom is -0.396 e. The van der Waals surface area contributed by atoms with Gasteiger partial charge in [-0.3, -0.25) is 4.79 Å². The Bertz CT molecular complexity index is 832. The lowest BCUT2D eigenvalue weighted by Crippen LogP contribution is -2.36. The van der Waals surface area contributed by atoms with Gasteiger partial charge in [0, 0.05) is 30.3 Å². The second-order valence-corrected chi connectivity index (χ2v) is 6.32. The Hall–Kier alpha value is -2.60. The van der Waals surface area contributed by atoms with Crippen LogP contribution in [0.1, 0.15) is 24.3 Å². The Morgan fingerprint density at radius 2 is 2.09 bits per heavy atom. The van der Waals surface area contributed by atoms with Crippen LogP contribution < -0.4 is 5.32 Å². The third kappa shape index (κ3) is 2.98. The zero-order valence-corrected chi connectivity index (χ0v) is 13.2. The molecule has 0 aliphatic rings. The first-order chi connectivity index (χ1) is 11.0. The van der Waals surface area contributed by atoms with Crippen LogP contribution in [-0.2, 0) is 0 Å². The van der Waals surface area contributed by atoms with Gasteiger partial charge in [0.15, 0.2) is 0 Å². The molecule has 0 atom stereocenters. The molecule has 2 N–H and O–H groups in total. The summed E-state index contributed by atoms with van der Waals surface area (Å²) in [6.45, 7) is 4.19. The molecule has 6 heteroatoms. The number of carbonyl (C=O) groups is 1. The molecule has 3 aromatic rings. The van der Waals surface area contributed by atoms with Crippen molar-refractivity contribution in [2.24, 2.45) is 5.41 Å². The van der Waals surface area contributed by atoms with Gasteiger partial charge in [0.05, 0.1) is 6.20 Å². The van der Waals surface area contributed by atoms with E-state index in [4.69, 9.17) is 0 Å². The number of fused-ring (bicyclic) bond motifs is 1. The van der Waals surface area contributed by atoms with Crippen LogP contribution in [0.2, 0.25) is 0 Å². The van der Waals surface area contributed by atoms with E-state index >= 15 is 0 Å². The number of nitrogens with zero attached hydrogens (tertiary/aromatic N) is 3. The first-order valence-corrected chi connectivity index (χ1v) is 7.51. The van der Waals surface area contributed by atoms with Gasteiger partial charge in [-0.25, -0.2) is 4.68 Å². The maximum absolute atomic E-state index is 12.5. The Labute approximate surface area is 134 Å². The highest BCUT2D eigenvalue weighted by atomic mass is 16.3. The smallest absolute Gasteiger partial charge is 0.270 e. The summed E-state index contributed by atoms with van der Waals surface area (Å²) in [5, 5.41) is 16.4. The molecule has 0 aliphatic heterocycles. The standard InChI is InChI=1S/C17H20N4O2/c1-17(2,12-22)11-18-16(23)14-8-9-19-21(14)15-7-6-13-5-3-4-10-20(13)15/h3-10,22H,11-12H2,1-2H3,(H,18,23). The first kappa shape index (κ1) is 15.3. The van der Waals surface area contributed by atoms with Crippen molar-refractivity contribution in [1.82, 2.24) is 19.5 Å². The van der Waals surface area contributed by atoms with Crippen LogP contribution in [0.4, 0.5) is 0 Å². The van der Waals surface area contributed by atoms with E-state index in [0.717, 1.165) is 11.3 Å². The quantitative estimate of drug-likeness (QED) is 0.755. The van der Waals surface area contributed by atoms with Gasteiger partial charge in [0.1, 0.15) is 11.5 Å². The molecule has 0 bridgehead atoms. The summed E-state index contributed by atoms with van der Waals surface area (Å²) in [5.74, 6) is 0.590. The van der Waals surface area contributed by atoms with Crippen molar-refractivity contribution in [3.8, 4) is 5.82 Å². The van der Waals surface area contributed by atoms with Gasteiger partial charge >= 0.3 is 0 Å². The zero-order chi connectivity index (χ0) is 16.4. The van der Waals surface area contributed by atoms with Crippen LogP contribution in [0.3, 0.4) is 0 Å². The molecule has 120 valence electrons. The predicted octanol–water partition coefficient (Wildman–Crippen LogP) is 1.87. The third-order valence-electron chi connectivity index (χ3n) is 3.79. The third-order valence-corrected chi connectivity index (χ3v) is 3.79. The number of hydrogen-bond acceptors (Lipinski definition) is 3. The van der Waals surface area contributed by atoms with E-state index in [2.05, 4.69) is 10.4 Å². The van der Waals surface area contributed by atoms with Gasteiger partial charge in [-0.05, 0) is 30.3 Å². The molecule has 0 saturated carbocycles. The summed E-state index contributed by atoms with van der Waals surface area (Å²) in [7, 11) is 0. The largest absolute Gasteiger partial charge is 0.396 e. The van der Waals surface area contributed by atoms with E-state index in [-0.39, 0.29) is 17.9 Å². The Morgan fingerprint density at radius 3 is 2.87 bits per heavy atom. The normalized spacial score (nSPS) is 11.8. The fourth-order valence-electron chi connectivity index (χ4n) is 2.34. The van der Waals surface area contributed by atoms with Gasteiger partial charge < -0.3 is 14.8 Å². The Kier molecular flexibility index (Phi) is 3.92. The minimum absolute atomic E-state index is 0.00980. The minimum atomic E-state index is -0.359. The van der Waals surface area contributed by atoms with Gasteiger partial charge in [-0.15, -0.1) is 0 Å². The molecule has 0 unspecified atom stereocenters. The number of nitrogens with one attached hydrogen (secondary N) is 1. The first-order valence-electron chi connectivity index (χ1n) is 7.51. The van der Waals surface area contributed by atoms with Crippen molar-refractivity contribution in [2.75, 3.05) is 13.2 Å². The van der Waals surface area contributed by atoms with Crippen molar-refractivity contribution >= 4 is 11.4 Å². The molecule has 3 rings (SSSR count). The van der Waals surface area contributed by atoms with E-state index < -0.39 is 0 Å². The number of aliphatic hydroxyl groups is 1. The van der Waals surface area contributed by atoms with Gasteiger partial charge in [0.2, 0.25) is 0 Å². The van der Waals surface area contributed by atoms with Crippen LogP contribution in [-0.4, -0.2) is 38.3 Å². The SMILES string of the molecule is CC(C)(CO)CNC(=O)c1ccnn1-c1ccc2ccccn12. The lowest BCUT2D eigenvalue weighted by Gasteiger charge is -2.21. The van der Waals surface area contributed by atoms with E-state index in [1.807, 2.05) is 54.8 Å². The van der Waals surface area contributed by atoms with Crippen molar-refractivity contribution in [3.05, 3.63) is 54.5 Å². The van der Waals surface area contributed by atoms with Crippen LogP contribution in [0, 0.1) is 5.41 Å².